The molecule has 0 aliphatic heterocycles. The van der Waals surface area contributed by atoms with Gasteiger partial charge in [-0.1, -0.05) is 11.6 Å². The van der Waals surface area contributed by atoms with Gasteiger partial charge in [0.15, 0.2) is 0 Å². The number of rotatable bonds is 3. The minimum Gasteiger partial charge on any atom is -0.460 e. The zero-order valence-electron chi connectivity index (χ0n) is 11.5. The van der Waals surface area contributed by atoms with Crippen LogP contribution in [0.3, 0.4) is 0 Å². The van der Waals surface area contributed by atoms with Crippen LogP contribution in [-0.2, 0) is 14.3 Å². The maximum absolute atomic E-state index is 11.6. The first kappa shape index (κ1) is 15.5. The van der Waals surface area contributed by atoms with Crippen LogP contribution in [0.15, 0.2) is 18.2 Å². The van der Waals surface area contributed by atoms with Crippen molar-refractivity contribution in [2.45, 2.75) is 39.7 Å². The van der Waals surface area contributed by atoms with Crippen LogP contribution in [0.5, 0.6) is 5.75 Å². The number of carbonyl (C=O) groups is 2. The van der Waals surface area contributed by atoms with Gasteiger partial charge in [-0.05, 0) is 51.5 Å². The Morgan fingerprint density at radius 3 is 2.37 bits per heavy atom. The number of carbonyl (C=O) groups excluding carboxylic acids is 2. The molecule has 1 rings (SSSR count). The molecule has 1 aromatic carbocycles. The summed E-state index contributed by atoms with van der Waals surface area (Å²) in [6, 6.07) is 4.88. The Morgan fingerprint density at radius 1 is 1.21 bits per heavy atom. The van der Waals surface area contributed by atoms with E-state index < -0.39 is 24.0 Å². The van der Waals surface area contributed by atoms with Gasteiger partial charge in [-0.3, -0.25) is 9.59 Å². The molecule has 4 nitrogen and oxygen atoms in total. The molecule has 19 heavy (non-hydrogen) atoms. The molecule has 104 valence electrons. The lowest BCUT2D eigenvalue weighted by Gasteiger charge is -2.19. The minimum absolute atomic E-state index is 0.387. The van der Waals surface area contributed by atoms with Crippen LogP contribution >= 0.6 is 11.6 Å². The molecule has 0 fully saturated rings. The third-order valence-corrected chi connectivity index (χ3v) is 2.30. The van der Waals surface area contributed by atoms with E-state index in [9.17, 15) is 9.59 Å². The molecule has 5 heteroatoms. The first-order valence-electron chi connectivity index (χ1n) is 5.86. The zero-order chi connectivity index (χ0) is 14.6. The highest BCUT2D eigenvalue weighted by molar-refractivity contribution is 6.30. The second kappa shape index (κ2) is 6.06. The fraction of sp³-hybridized carbons (Fsp3) is 0.429. The lowest BCUT2D eigenvalue weighted by atomic mass is 10.2. The summed E-state index contributed by atoms with van der Waals surface area (Å²) in [4.78, 5) is 23.0. The van der Waals surface area contributed by atoms with E-state index in [1.807, 2.05) is 0 Å². The maximum atomic E-state index is 11.6. The van der Waals surface area contributed by atoms with E-state index in [0.717, 1.165) is 5.56 Å². The first-order chi connectivity index (χ1) is 8.67. The number of benzene rings is 1. The fourth-order valence-corrected chi connectivity index (χ4v) is 1.61. The normalized spacial score (nSPS) is 11.0. The van der Waals surface area contributed by atoms with Crippen molar-refractivity contribution < 1.29 is 19.1 Å². The predicted octanol–water partition coefficient (Wildman–Crippen LogP) is 3.29. The van der Waals surface area contributed by atoms with Gasteiger partial charge in [0.1, 0.15) is 17.8 Å². The number of hydrogen-bond donors (Lipinski definition) is 0. The van der Waals surface area contributed by atoms with Gasteiger partial charge in [0.25, 0.3) is 0 Å². The summed E-state index contributed by atoms with van der Waals surface area (Å²) < 4.78 is 10.1. The van der Waals surface area contributed by atoms with Crippen molar-refractivity contribution in [3.8, 4) is 5.75 Å². The number of aryl methyl sites for hydroxylation is 1. The molecule has 0 heterocycles. The molecule has 0 radical (unpaired) electrons. The van der Waals surface area contributed by atoms with Crippen LogP contribution in [0, 0.1) is 6.92 Å². The van der Waals surface area contributed by atoms with Gasteiger partial charge in [-0.15, -0.1) is 0 Å². The summed E-state index contributed by atoms with van der Waals surface area (Å²) >= 11 is 5.80. The van der Waals surface area contributed by atoms with Gasteiger partial charge in [-0.25, -0.2) is 0 Å². The summed E-state index contributed by atoms with van der Waals surface area (Å²) in [6.07, 6.45) is -0.417. The van der Waals surface area contributed by atoms with Gasteiger partial charge in [0.05, 0.1) is 0 Å². The average Bonchev–Trinajstić information content (AvgIpc) is 2.19. The standard InChI is InChI=1S/C14H17ClO4/c1-9-7-10(15)5-6-11(9)18-12(16)8-13(17)19-14(2,3)4/h5-7H,8H2,1-4H3. The molecular formula is C14H17ClO4. The molecule has 0 unspecified atom stereocenters. The van der Waals surface area contributed by atoms with Gasteiger partial charge in [-0.2, -0.15) is 0 Å². The van der Waals surface area contributed by atoms with Crippen LogP contribution < -0.4 is 4.74 Å². The SMILES string of the molecule is Cc1cc(Cl)ccc1OC(=O)CC(=O)OC(C)(C)C. The van der Waals surface area contributed by atoms with E-state index in [4.69, 9.17) is 21.1 Å². The van der Waals surface area contributed by atoms with Crippen LogP contribution in [0.1, 0.15) is 32.8 Å². The van der Waals surface area contributed by atoms with Crippen molar-refractivity contribution in [1.29, 1.82) is 0 Å². The Hall–Kier alpha value is -1.55. The van der Waals surface area contributed by atoms with Crippen LogP contribution in [-0.4, -0.2) is 17.5 Å². The monoisotopic (exact) mass is 284 g/mol. The maximum Gasteiger partial charge on any atom is 0.322 e. The number of hydrogen-bond acceptors (Lipinski definition) is 4. The van der Waals surface area contributed by atoms with E-state index in [0.29, 0.717) is 10.8 Å². The first-order valence-corrected chi connectivity index (χ1v) is 6.24. The van der Waals surface area contributed by atoms with E-state index in [1.54, 1.807) is 45.9 Å². The molecule has 0 spiro atoms. The van der Waals surface area contributed by atoms with Gasteiger partial charge in [0, 0.05) is 5.02 Å². The van der Waals surface area contributed by atoms with E-state index >= 15 is 0 Å². The second-order valence-corrected chi connectivity index (χ2v) is 5.58. The Balaban J connectivity index is 2.58. The lowest BCUT2D eigenvalue weighted by Crippen LogP contribution is -2.26. The second-order valence-electron chi connectivity index (χ2n) is 5.15. The molecule has 0 saturated carbocycles. The fourth-order valence-electron chi connectivity index (χ4n) is 1.38. The predicted molar refractivity (Wildman–Crippen MR) is 72.3 cm³/mol. The average molecular weight is 285 g/mol. The smallest absolute Gasteiger partial charge is 0.322 e. The Morgan fingerprint density at radius 2 is 1.84 bits per heavy atom. The highest BCUT2D eigenvalue weighted by atomic mass is 35.5. The van der Waals surface area contributed by atoms with Gasteiger partial charge >= 0.3 is 11.9 Å². The summed E-state index contributed by atoms with van der Waals surface area (Å²) in [5.74, 6) is -0.873. The zero-order valence-corrected chi connectivity index (χ0v) is 12.2. The van der Waals surface area contributed by atoms with Crippen LogP contribution in [0.4, 0.5) is 0 Å². The summed E-state index contributed by atoms with van der Waals surface area (Å²) in [5, 5.41) is 0.560. The van der Waals surface area contributed by atoms with E-state index in [1.165, 1.54) is 0 Å². The largest absolute Gasteiger partial charge is 0.460 e. The third kappa shape index (κ3) is 5.75. The van der Waals surface area contributed by atoms with Crippen molar-refractivity contribution in [3.05, 3.63) is 28.8 Å². The molecule has 0 amide bonds. The van der Waals surface area contributed by atoms with Crippen molar-refractivity contribution in [3.63, 3.8) is 0 Å². The highest BCUT2D eigenvalue weighted by Crippen LogP contribution is 2.22. The summed E-state index contributed by atoms with van der Waals surface area (Å²) in [6.45, 7) is 6.97. The Bertz CT molecular complexity index is 489. The topological polar surface area (TPSA) is 52.6 Å². The molecule has 0 bridgehead atoms. The van der Waals surface area contributed by atoms with Crippen LogP contribution in [0.25, 0.3) is 0 Å². The van der Waals surface area contributed by atoms with Crippen molar-refractivity contribution in [1.82, 2.24) is 0 Å². The molecule has 0 aliphatic carbocycles. The summed E-state index contributed by atoms with van der Waals surface area (Å²) in [5.41, 5.74) is 0.109. The molecule has 0 aliphatic rings. The van der Waals surface area contributed by atoms with Crippen LogP contribution in [0.2, 0.25) is 5.02 Å². The number of esters is 2. The van der Waals surface area contributed by atoms with Crippen molar-refractivity contribution >= 4 is 23.5 Å². The lowest BCUT2D eigenvalue weighted by molar-refractivity contribution is -0.158. The summed E-state index contributed by atoms with van der Waals surface area (Å²) in [7, 11) is 0. The number of halogens is 1. The van der Waals surface area contributed by atoms with Crippen molar-refractivity contribution in [2.75, 3.05) is 0 Å². The van der Waals surface area contributed by atoms with Gasteiger partial charge < -0.3 is 9.47 Å². The molecule has 1 aromatic rings. The molecule has 0 atom stereocenters. The molecular weight excluding hydrogens is 268 g/mol. The molecule has 0 saturated heterocycles. The van der Waals surface area contributed by atoms with E-state index in [2.05, 4.69) is 0 Å². The number of ether oxygens (including phenoxy) is 2. The quantitative estimate of drug-likeness (QED) is 0.485. The molecule has 0 aromatic heterocycles. The Kier molecular flexibility index (Phi) is 4.95. The minimum atomic E-state index is -0.653. The van der Waals surface area contributed by atoms with E-state index in [-0.39, 0.29) is 0 Å². The van der Waals surface area contributed by atoms with Crippen molar-refractivity contribution in [2.24, 2.45) is 0 Å². The van der Waals surface area contributed by atoms with Gasteiger partial charge in [0.2, 0.25) is 0 Å². The molecule has 0 N–H and O–H groups in total. The highest BCUT2D eigenvalue weighted by Gasteiger charge is 2.20. The Labute approximate surface area is 117 Å². The third-order valence-electron chi connectivity index (χ3n) is 2.07.